The molecule has 0 unspecified atom stereocenters. The molecule has 8 heteroatoms. The lowest BCUT2D eigenvalue weighted by atomic mass is 10.1. The lowest BCUT2D eigenvalue weighted by molar-refractivity contribution is 0.0620. The maximum atomic E-state index is 13.7. The van der Waals surface area contributed by atoms with Gasteiger partial charge in [0, 0.05) is 38.3 Å². The third-order valence-corrected chi connectivity index (χ3v) is 4.49. The highest BCUT2D eigenvalue weighted by molar-refractivity contribution is 9.10. The Kier molecular flexibility index (Phi) is 4.72. The first kappa shape index (κ1) is 16.1. The summed E-state index contributed by atoms with van der Waals surface area (Å²) in [7, 11) is 0. The number of H-pyrrole nitrogens is 1. The molecule has 1 aliphatic rings. The Bertz CT molecular complexity index is 713. The first-order valence-electron chi connectivity index (χ1n) is 7.19. The number of aromatic amines is 1. The normalized spacial score (nSPS) is 15.9. The van der Waals surface area contributed by atoms with Crippen LogP contribution in [0.15, 0.2) is 28.9 Å². The van der Waals surface area contributed by atoms with E-state index in [4.69, 9.17) is 0 Å². The van der Waals surface area contributed by atoms with Gasteiger partial charge in [-0.25, -0.2) is 8.78 Å². The fourth-order valence-corrected chi connectivity index (χ4v) is 2.96. The number of hydrogen-bond donors (Lipinski definition) is 1. The highest BCUT2D eigenvalue weighted by atomic mass is 79.9. The molecule has 0 saturated carbocycles. The van der Waals surface area contributed by atoms with Gasteiger partial charge in [-0.05, 0) is 22.0 Å². The molecule has 0 atom stereocenters. The number of benzene rings is 1. The zero-order chi connectivity index (χ0) is 16.4. The van der Waals surface area contributed by atoms with Gasteiger partial charge in [-0.1, -0.05) is 12.1 Å². The maximum Gasteiger partial charge on any atom is 0.273 e. The first-order chi connectivity index (χ1) is 11.1. The molecule has 1 aromatic carbocycles. The Labute approximate surface area is 140 Å². The van der Waals surface area contributed by atoms with E-state index in [0.717, 1.165) is 6.07 Å². The van der Waals surface area contributed by atoms with Crippen molar-refractivity contribution < 1.29 is 13.6 Å². The van der Waals surface area contributed by atoms with Gasteiger partial charge in [-0.2, -0.15) is 5.10 Å². The second-order valence-electron chi connectivity index (χ2n) is 5.37. The van der Waals surface area contributed by atoms with E-state index in [9.17, 15) is 13.6 Å². The predicted octanol–water partition coefficient (Wildman–Crippen LogP) is 2.41. The van der Waals surface area contributed by atoms with E-state index in [1.165, 1.54) is 12.3 Å². The standard InChI is InChI=1S/C15H15BrF2N4O/c16-11-8-19-20-14(11)15(23)22-6-4-21(5-7-22)9-10-2-1-3-12(17)13(10)18/h1-3,8H,4-7,9H2,(H,19,20). The van der Waals surface area contributed by atoms with Crippen LogP contribution in [0.3, 0.4) is 0 Å². The molecule has 0 spiro atoms. The molecule has 1 N–H and O–H groups in total. The summed E-state index contributed by atoms with van der Waals surface area (Å²) in [5, 5.41) is 6.49. The lowest BCUT2D eigenvalue weighted by Crippen LogP contribution is -2.48. The quantitative estimate of drug-likeness (QED) is 0.883. The van der Waals surface area contributed by atoms with Gasteiger partial charge in [-0.15, -0.1) is 0 Å². The van der Waals surface area contributed by atoms with Crippen molar-refractivity contribution in [1.29, 1.82) is 0 Å². The van der Waals surface area contributed by atoms with Crippen molar-refractivity contribution in [3.05, 3.63) is 51.8 Å². The predicted molar refractivity (Wildman–Crippen MR) is 83.8 cm³/mol. The maximum absolute atomic E-state index is 13.7. The molecule has 23 heavy (non-hydrogen) atoms. The molecule has 122 valence electrons. The van der Waals surface area contributed by atoms with Crippen LogP contribution >= 0.6 is 15.9 Å². The Morgan fingerprint density at radius 3 is 2.65 bits per heavy atom. The van der Waals surface area contributed by atoms with Crippen LogP contribution in [0.5, 0.6) is 0 Å². The summed E-state index contributed by atoms with van der Waals surface area (Å²) >= 11 is 3.28. The third-order valence-electron chi connectivity index (χ3n) is 3.89. The van der Waals surface area contributed by atoms with Crippen molar-refractivity contribution in [3.63, 3.8) is 0 Å². The van der Waals surface area contributed by atoms with E-state index in [-0.39, 0.29) is 5.91 Å². The first-order valence-corrected chi connectivity index (χ1v) is 7.99. The van der Waals surface area contributed by atoms with Gasteiger partial charge in [0.05, 0.1) is 10.7 Å². The topological polar surface area (TPSA) is 52.2 Å². The SMILES string of the molecule is O=C(c1[nH]ncc1Br)N1CCN(Cc2cccc(F)c2F)CC1. The smallest absolute Gasteiger partial charge is 0.273 e. The third kappa shape index (κ3) is 3.42. The summed E-state index contributed by atoms with van der Waals surface area (Å²) in [4.78, 5) is 16.1. The van der Waals surface area contributed by atoms with Crippen LogP contribution in [0.25, 0.3) is 0 Å². The fourth-order valence-electron chi connectivity index (χ4n) is 2.60. The highest BCUT2D eigenvalue weighted by Crippen LogP contribution is 2.18. The number of hydrogen-bond acceptors (Lipinski definition) is 3. The van der Waals surface area contributed by atoms with Gasteiger partial charge in [0.15, 0.2) is 11.6 Å². The molecule has 1 amide bonds. The van der Waals surface area contributed by atoms with Gasteiger partial charge < -0.3 is 4.90 Å². The molecule has 0 bridgehead atoms. The van der Waals surface area contributed by atoms with Crippen molar-refractivity contribution in [1.82, 2.24) is 20.0 Å². The largest absolute Gasteiger partial charge is 0.335 e. The molecule has 0 aliphatic carbocycles. The van der Waals surface area contributed by atoms with Crippen LogP contribution in [0, 0.1) is 11.6 Å². The van der Waals surface area contributed by atoms with Gasteiger partial charge in [0.2, 0.25) is 0 Å². The van der Waals surface area contributed by atoms with Crippen LogP contribution in [0.2, 0.25) is 0 Å². The van der Waals surface area contributed by atoms with E-state index in [0.29, 0.717) is 48.5 Å². The minimum Gasteiger partial charge on any atom is -0.335 e. The molecular formula is C15H15BrF2N4O. The Hall–Kier alpha value is -1.80. The van der Waals surface area contributed by atoms with Crippen LogP contribution < -0.4 is 0 Å². The molecule has 1 aromatic heterocycles. The molecule has 1 saturated heterocycles. The molecule has 3 rings (SSSR count). The van der Waals surface area contributed by atoms with Crippen molar-refractivity contribution in [2.45, 2.75) is 6.54 Å². The number of amides is 1. The zero-order valence-electron chi connectivity index (χ0n) is 12.2. The Balaban J connectivity index is 1.59. The minimum atomic E-state index is -0.833. The average molecular weight is 385 g/mol. The van der Waals surface area contributed by atoms with Crippen LogP contribution in [-0.2, 0) is 6.54 Å². The summed E-state index contributed by atoms with van der Waals surface area (Å²) in [5.41, 5.74) is 0.760. The number of carbonyl (C=O) groups is 1. The molecular weight excluding hydrogens is 370 g/mol. The molecule has 5 nitrogen and oxygen atoms in total. The molecule has 1 fully saturated rings. The number of aromatic nitrogens is 2. The Morgan fingerprint density at radius 1 is 1.26 bits per heavy atom. The molecule has 2 heterocycles. The van der Waals surface area contributed by atoms with Gasteiger partial charge in [0.1, 0.15) is 5.69 Å². The number of rotatable bonds is 3. The lowest BCUT2D eigenvalue weighted by Gasteiger charge is -2.34. The van der Waals surface area contributed by atoms with Crippen LogP contribution in [0.1, 0.15) is 16.1 Å². The van der Waals surface area contributed by atoms with Crippen molar-refractivity contribution in [2.24, 2.45) is 0 Å². The number of nitrogens with zero attached hydrogens (tertiary/aromatic N) is 3. The summed E-state index contributed by atoms with van der Waals surface area (Å²) < 4.78 is 27.6. The van der Waals surface area contributed by atoms with E-state index in [1.54, 1.807) is 11.0 Å². The number of nitrogens with one attached hydrogen (secondary N) is 1. The van der Waals surface area contributed by atoms with E-state index < -0.39 is 11.6 Å². The monoisotopic (exact) mass is 384 g/mol. The molecule has 1 aliphatic heterocycles. The second kappa shape index (κ2) is 6.76. The van der Waals surface area contributed by atoms with Crippen LogP contribution in [-0.4, -0.2) is 52.1 Å². The molecule has 2 aromatic rings. The highest BCUT2D eigenvalue weighted by Gasteiger charge is 2.25. The number of piperazine rings is 1. The summed E-state index contributed by atoms with van der Waals surface area (Å²) in [6, 6.07) is 4.19. The van der Waals surface area contributed by atoms with Gasteiger partial charge in [0.25, 0.3) is 5.91 Å². The van der Waals surface area contributed by atoms with Crippen molar-refractivity contribution in [3.8, 4) is 0 Å². The number of halogens is 3. The van der Waals surface area contributed by atoms with E-state index in [1.807, 2.05) is 4.90 Å². The van der Waals surface area contributed by atoms with E-state index in [2.05, 4.69) is 26.1 Å². The fraction of sp³-hybridized carbons (Fsp3) is 0.333. The Morgan fingerprint density at radius 2 is 2.00 bits per heavy atom. The minimum absolute atomic E-state index is 0.119. The molecule has 0 radical (unpaired) electrons. The average Bonchev–Trinajstić information content (AvgIpc) is 2.98. The van der Waals surface area contributed by atoms with E-state index >= 15 is 0 Å². The van der Waals surface area contributed by atoms with Crippen molar-refractivity contribution in [2.75, 3.05) is 26.2 Å². The number of carbonyl (C=O) groups excluding carboxylic acids is 1. The second-order valence-corrected chi connectivity index (χ2v) is 6.23. The summed E-state index contributed by atoms with van der Waals surface area (Å²) in [6.07, 6.45) is 1.54. The van der Waals surface area contributed by atoms with Gasteiger partial charge >= 0.3 is 0 Å². The zero-order valence-corrected chi connectivity index (χ0v) is 13.8. The van der Waals surface area contributed by atoms with Crippen molar-refractivity contribution >= 4 is 21.8 Å². The van der Waals surface area contributed by atoms with Gasteiger partial charge in [-0.3, -0.25) is 14.8 Å². The summed E-state index contributed by atoms with van der Waals surface area (Å²) in [6.45, 7) is 2.60. The summed E-state index contributed by atoms with van der Waals surface area (Å²) in [5.74, 6) is -1.75. The van der Waals surface area contributed by atoms with Crippen LogP contribution in [0.4, 0.5) is 8.78 Å².